The molecule has 8 nitrogen and oxygen atoms in total. The van der Waals surface area contributed by atoms with E-state index in [-0.39, 0.29) is 11.7 Å². The Bertz CT molecular complexity index is 1080. The quantitative estimate of drug-likeness (QED) is 0.467. The van der Waals surface area contributed by atoms with Crippen LogP contribution < -0.4 is 10.1 Å². The smallest absolute Gasteiger partial charge is 0.234 e. The zero-order valence-electron chi connectivity index (χ0n) is 15.5. The summed E-state index contributed by atoms with van der Waals surface area (Å²) in [6.45, 7) is 0. The lowest BCUT2D eigenvalue weighted by Gasteiger charge is -2.10. The van der Waals surface area contributed by atoms with Gasteiger partial charge in [0.15, 0.2) is 10.9 Å². The topological polar surface area (TPSA) is 95.1 Å². The van der Waals surface area contributed by atoms with Gasteiger partial charge in [-0.2, -0.15) is 0 Å². The number of hydrogen-bond donors (Lipinski definition) is 1. The summed E-state index contributed by atoms with van der Waals surface area (Å²) in [4.78, 5) is 16.2. The van der Waals surface area contributed by atoms with Gasteiger partial charge in [0.05, 0.1) is 24.8 Å². The Kier molecular flexibility index (Phi) is 5.57. The van der Waals surface area contributed by atoms with E-state index in [4.69, 9.17) is 9.15 Å². The Morgan fingerprint density at radius 3 is 2.62 bits per heavy atom. The summed E-state index contributed by atoms with van der Waals surface area (Å²) in [5.41, 5.74) is 1.53. The van der Waals surface area contributed by atoms with Crippen LogP contribution in [0.3, 0.4) is 0 Å². The van der Waals surface area contributed by atoms with Crippen LogP contribution >= 0.6 is 11.8 Å². The first kappa shape index (κ1) is 18.8. The highest BCUT2D eigenvalue weighted by Crippen LogP contribution is 2.29. The Labute approximate surface area is 170 Å². The van der Waals surface area contributed by atoms with E-state index in [1.54, 1.807) is 44.0 Å². The van der Waals surface area contributed by atoms with E-state index < -0.39 is 0 Å². The summed E-state index contributed by atoms with van der Waals surface area (Å²) < 4.78 is 12.6. The molecule has 0 aliphatic heterocycles. The molecule has 3 aromatic heterocycles. The minimum Gasteiger partial charge on any atom is -0.497 e. The van der Waals surface area contributed by atoms with Crippen LogP contribution in [0.5, 0.6) is 5.75 Å². The van der Waals surface area contributed by atoms with Crippen molar-refractivity contribution in [3.8, 4) is 23.0 Å². The van der Waals surface area contributed by atoms with Crippen LogP contribution in [0, 0.1) is 0 Å². The van der Waals surface area contributed by atoms with Gasteiger partial charge in [0, 0.05) is 18.1 Å². The third-order valence-electron chi connectivity index (χ3n) is 4.00. The van der Waals surface area contributed by atoms with Crippen LogP contribution in [-0.4, -0.2) is 38.5 Å². The lowest BCUT2D eigenvalue weighted by atomic mass is 10.3. The van der Waals surface area contributed by atoms with Gasteiger partial charge in [-0.1, -0.05) is 11.8 Å². The van der Waals surface area contributed by atoms with Gasteiger partial charge >= 0.3 is 0 Å². The molecule has 3 heterocycles. The maximum atomic E-state index is 12.3. The highest BCUT2D eigenvalue weighted by atomic mass is 32.2. The van der Waals surface area contributed by atoms with E-state index in [2.05, 4.69) is 20.5 Å². The second kappa shape index (κ2) is 8.61. The molecule has 9 heteroatoms. The molecule has 0 fully saturated rings. The molecule has 0 spiro atoms. The molecule has 0 bridgehead atoms. The fourth-order valence-corrected chi connectivity index (χ4v) is 3.41. The van der Waals surface area contributed by atoms with E-state index in [0.717, 1.165) is 11.4 Å². The molecular formula is C20H17N5O3S. The summed E-state index contributed by atoms with van der Waals surface area (Å²) in [7, 11) is 1.62. The van der Waals surface area contributed by atoms with Crippen molar-refractivity contribution in [2.24, 2.45) is 0 Å². The van der Waals surface area contributed by atoms with Crippen molar-refractivity contribution in [3.63, 3.8) is 0 Å². The number of carbonyl (C=O) groups is 1. The number of pyridine rings is 1. The van der Waals surface area contributed by atoms with E-state index in [9.17, 15) is 4.79 Å². The summed E-state index contributed by atoms with van der Waals surface area (Å²) in [6, 6.07) is 14.6. The fourth-order valence-electron chi connectivity index (χ4n) is 2.66. The number of nitrogens with zero attached hydrogens (tertiary/aromatic N) is 4. The zero-order valence-corrected chi connectivity index (χ0v) is 16.3. The first-order valence-corrected chi connectivity index (χ1v) is 9.69. The van der Waals surface area contributed by atoms with Gasteiger partial charge in [0.25, 0.3) is 0 Å². The van der Waals surface area contributed by atoms with Crippen LogP contribution in [0.25, 0.3) is 17.3 Å². The molecule has 1 aromatic carbocycles. The van der Waals surface area contributed by atoms with Crippen LogP contribution in [0.1, 0.15) is 0 Å². The zero-order chi connectivity index (χ0) is 20.1. The Morgan fingerprint density at radius 1 is 1.14 bits per heavy atom. The summed E-state index contributed by atoms with van der Waals surface area (Å²) in [6.07, 6.45) is 4.83. The highest BCUT2D eigenvalue weighted by Gasteiger charge is 2.19. The van der Waals surface area contributed by atoms with Crippen molar-refractivity contribution in [1.82, 2.24) is 19.7 Å². The molecule has 0 aliphatic carbocycles. The Balaban J connectivity index is 1.58. The van der Waals surface area contributed by atoms with Crippen molar-refractivity contribution < 1.29 is 13.9 Å². The number of carbonyl (C=O) groups excluding carboxylic acids is 1. The maximum absolute atomic E-state index is 12.3. The fraction of sp³-hybridized carbons (Fsp3) is 0.100. The number of nitrogens with one attached hydrogen (secondary N) is 1. The number of ether oxygens (including phenoxy) is 1. The standard InChI is InChI=1S/C20H17N5O3S/c1-27-16-6-4-15(5-7-16)25-19(17-3-2-12-28-17)23-24-20(25)29-13-18(26)22-14-8-10-21-11-9-14/h2-12H,13H2,1H3,(H,21,22,26). The molecule has 1 N–H and O–H groups in total. The first-order chi connectivity index (χ1) is 14.2. The Hall–Kier alpha value is -3.59. The lowest BCUT2D eigenvalue weighted by Crippen LogP contribution is -2.14. The van der Waals surface area contributed by atoms with Crippen LogP contribution in [0.15, 0.2) is 76.8 Å². The second-order valence-corrected chi connectivity index (χ2v) is 6.83. The predicted octanol–water partition coefficient (Wildman–Crippen LogP) is 3.66. The number of thioether (sulfide) groups is 1. The number of hydrogen-bond acceptors (Lipinski definition) is 7. The minimum absolute atomic E-state index is 0.148. The SMILES string of the molecule is COc1ccc(-n2c(SCC(=O)Nc3ccncc3)nnc2-c2ccco2)cc1. The first-order valence-electron chi connectivity index (χ1n) is 8.71. The molecule has 4 rings (SSSR count). The summed E-state index contributed by atoms with van der Waals surface area (Å²) in [5, 5.41) is 11.9. The molecule has 0 radical (unpaired) electrons. The number of benzene rings is 1. The molecule has 0 unspecified atom stereocenters. The third-order valence-corrected chi connectivity index (χ3v) is 4.93. The van der Waals surface area contributed by atoms with Gasteiger partial charge in [-0.15, -0.1) is 10.2 Å². The van der Waals surface area contributed by atoms with E-state index in [1.165, 1.54) is 11.8 Å². The Morgan fingerprint density at radius 2 is 1.93 bits per heavy atom. The number of anilines is 1. The van der Waals surface area contributed by atoms with Gasteiger partial charge in [-0.25, -0.2) is 0 Å². The number of amides is 1. The van der Waals surface area contributed by atoms with Gasteiger partial charge in [0.2, 0.25) is 11.7 Å². The number of furan rings is 1. The van der Waals surface area contributed by atoms with Crippen molar-refractivity contribution in [2.45, 2.75) is 5.16 Å². The van der Waals surface area contributed by atoms with E-state index in [0.29, 0.717) is 22.4 Å². The van der Waals surface area contributed by atoms with Crippen molar-refractivity contribution in [3.05, 3.63) is 67.2 Å². The van der Waals surface area contributed by atoms with Crippen molar-refractivity contribution in [1.29, 1.82) is 0 Å². The molecule has 146 valence electrons. The normalized spacial score (nSPS) is 10.7. The average Bonchev–Trinajstić information content (AvgIpc) is 3.43. The molecular weight excluding hydrogens is 390 g/mol. The lowest BCUT2D eigenvalue weighted by molar-refractivity contribution is -0.113. The van der Waals surface area contributed by atoms with Gasteiger partial charge in [-0.3, -0.25) is 14.3 Å². The molecule has 4 aromatic rings. The maximum Gasteiger partial charge on any atom is 0.234 e. The third kappa shape index (κ3) is 4.30. The second-order valence-electron chi connectivity index (χ2n) is 5.89. The highest BCUT2D eigenvalue weighted by molar-refractivity contribution is 7.99. The van der Waals surface area contributed by atoms with Gasteiger partial charge in [0.1, 0.15) is 5.75 Å². The average molecular weight is 407 g/mol. The number of rotatable bonds is 7. The molecule has 0 atom stereocenters. The van der Waals surface area contributed by atoms with Crippen LogP contribution in [-0.2, 0) is 4.79 Å². The predicted molar refractivity (Wildman–Crippen MR) is 109 cm³/mol. The van der Waals surface area contributed by atoms with Crippen LogP contribution in [0.4, 0.5) is 5.69 Å². The van der Waals surface area contributed by atoms with Gasteiger partial charge in [-0.05, 0) is 48.5 Å². The molecule has 0 saturated carbocycles. The van der Waals surface area contributed by atoms with Crippen molar-refractivity contribution in [2.75, 3.05) is 18.2 Å². The number of methoxy groups -OCH3 is 1. The summed E-state index contributed by atoms with van der Waals surface area (Å²) >= 11 is 1.29. The van der Waals surface area contributed by atoms with Gasteiger partial charge < -0.3 is 14.5 Å². The number of aromatic nitrogens is 4. The van der Waals surface area contributed by atoms with Crippen LogP contribution in [0.2, 0.25) is 0 Å². The molecule has 29 heavy (non-hydrogen) atoms. The van der Waals surface area contributed by atoms with E-state index in [1.807, 2.05) is 34.9 Å². The van der Waals surface area contributed by atoms with Crippen molar-refractivity contribution >= 4 is 23.4 Å². The molecule has 1 amide bonds. The summed E-state index contributed by atoms with van der Waals surface area (Å²) in [5.74, 6) is 1.91. The minimum atomic E-state index is -0.148. The monoisotopic (exact) mass is 407 g/mol. The van der Waals surface area contributed by atoms with E-state index >= 15 is 0 Å². The largest absolute Gasteiger partial charge is 0.497 e. The molecule has 0 aliphatic rings. The molecule has 0 saturated heterocycles.